The number of anilines is 3. The predicted octanol–water partition coefficient (Wildman–Crippen LogP) is 9.73. The first-order valence-corrected chi connectivity index (χ1v) is 16.9. The molecule has 0 bridgehead atoms. The average Bonchev–Trinajstić information content (AvgIpc) is 3.71. The molecular weight excluding hydrogens is 579 g/mol. The molecule has 4 aliphatic rings. The molecule has 0 N–H and O–H groups in total. The van der Waals surface area contributed by atoms with Gasteiger partial charge in [0.25, 0.3) is 0 Å². The zero-order valence-corrected chi connectivity index (χ0v) is 26.1. The van der Waals surface area contributed by atoms with Crippen molar-refractivity contribution in [2.24, 2.45) is 0 Å². The van der Waals surface area contributed by atoms with Crippen LogP contribution in [0.15, 0.2) is 129 Å². The van der Waals surface area contributed by atoms with Crippen LogP contribution in [-0.4, -0.2) is 11.3 Å². The summed E-state index contributed by atoms with van der Waals surface area (Å²) in [5, 5.41) is 3.69. The molecular formula is C41H25BN2OS. The smallest absolute Gasteiger partial charge is 0.333 e. The maximum atomic E-state index is 6.88. The molecule has 0 fully saturated rings. The van der Waals surface area contributed by atoms with E-state index in [-0.39, 0.29) is 12.3 Å². The highest BCUT2D eigenvalue weighted by Crippen LogP contribution is 2.58. The van der Waals surface area contributed by atoms with Crippen LogP contribution >= 0.6 is 11.8 Å². The summed E-state index contributed by atoms with van der Waals surface area (Å²) in [5.41, 5.74) is 17.7. The lowest BCUT2D eigenvalue weighted by Gasteiger charge is -2.43. The molecule has 3 aliphatic heterocycles. The summed E-state index contributed by atoms with van der Waals surface area (Å²) in [4.78, 5) is 5.15. The van der Waals surface area contributed by atoms with Crippen LogP contribution in [0.5, 0.6) is 0 Å². The van der Waals surface area contributed by atoms with Crippen molar-refractivity contribution < 1.29 is 4.42 Å². The van der Waals surface area contributed by atoms with Crippen LogP contribution < -0.4 is 15.8 Å². The number of fused-ring (bicyclic) bond motifs is 15. The van der Waals surface area contributed by atoms with Crippen molar-refractivity contribution in [3.63, 3.8) is 0 Å². The molecule has 0 unspecified atom stereocenters. The van der Waals surface area contributed by atoms with Crippen LogP contribution in [0.1, 0.15) is 25.0 Å². The predicted molar refractivity (Wildman–Crippen MR) is 191 cm³/mol. The van der Waals surface area contributed by atoms with E-state index in [2.05, 4.69) is 138 Å². The first-order chi connectivity index (χ1) is 22.6. The SMILES string of the molecule is CC1(C)c2ccccc2-c2c1c1cccc3c1n2B1c2cccc4c2N(c2ccccc2S4)c2cc4c(oc5ccccc54)c-3c21. The van der Waals surface area contributed by atoms with Gasteiger partial charge in [-0.05, 0) is 52.4 Å². The molecule has 12 rings (SSSR count). The lowest BCUT2D eigenvalue weighted by Crippen LogP contribution is -2.57. The lowest BCUT2D eigenvalue weighted by atomic mass is 9.45. The second-order valence-electron chi connectivity index (χ2n) is 13.6. The van der Waals surface area contributed by atoms with Gasteiger partial charge in [0.2, 0.25) is 0 Å². The standard InChI is InChI=1S/C41H25BN2OS/c1-41(2)27-15-5-3-12-23(27)38-35(41)25-14-9-13-24-34-36-30(21-26-22-11-4-7-18-31(22)45-40(26)34)43-29-17-6-8-19-32(29)46-33-20-10-16-28(39(33)43)42(36)44(38)37(24)25/h3-21H,1-2H3. The van der Waals surface area contributed by atoms with Crippen LogP contribution in [0.25, 0.3) is 55.2 Å². The molecule has 0 atom stereocenters. The van der Waals surface area contributed by atoms with Crippen LogP contribution in [0.4, 0.5) is 17.1 Å². The number of hydrogen-bond acceptors (Lipinski definition) is 3. The Labute approximate surface area is 270 Å². The molecule has 5 heteroatoms. The van der Waals surface area contributed by atoms with Crippen LogP contribution in [0, 0.1) is 0 Å². The second kappa shape index (κ2) is 7.80. The summed E-state index contributed by atoms with van der Waals surface area (Å²) < 4.78 is 9.59. The summed E-state index contributed by atoms with van der Waals surface area (Å²) in [5.74, 6) is 0. The second-order valence-corrected chi connectivity index (χ2v) is 14.7. The molecule has 0 spiro atoms. The van der Waals surface area contributed by atoms with Crippen molar-refractivity contribution in [2.75, 3.05) is 4.90 Å². The van der Waals surface area contributed by atoms with Crippen molar-refractivity contribution in [3.8, 4) is 22.4 Å². The van der Waals surface area contributed by atoms with Crippen molar-refractivity contribution in [1.29, 1.82) is 0 Å². The highest BCUT2D eigenvalue weighted by Gasteiger charge is 2.50. The van der Waals surface area contributed by atoms with E-state index in [0.717, 1.165) is 16.6 Å². The Morgan fingerprint density at radius 2 is 1.46 bits per heavy atom. The Hall–Kier alpha value is -5.13. The zero-order valence-electron chi connectivity index (χ0n) is 25.3. The van der Waals surface area contributed by atoms with Crippen molar-refractivity contribution in [1.82, 2.24) is 4.48 Å². The molecule has 3 nitrogen and oxygen atoms in total. The van der Waals surface area contributed by atoms with Gasteiger partial charge in [0.1, 0.15) is 11.2 Å². The van der Waals surface area contributed by atoms with Gasteiger partial charge in [-0.2, -0.15) is 0 Å². The van der Waals surface area contributed by atoms with E-state index in [1.165, 1.54) is 87.6 Å². The van der Waals surface area contributed by atoms with Gasteiger partial charge < -0.3 is 13.8 Å². The van der Waals surface area contributed by atoms with E-state index < -0.39 is 0 Å². The lowest BCUT2D eigenvalue weighted by molar-refractivity contribution is 0.666. The Morgan fingerprint density at radius 3 is 2.41 bits per heavy atom. The average molecular weight is 605 g/mol. The molecule has 2 aromatic heterocycles. The summed E-state index contributed by atoms with van der Waals surface area (Å²) in [6.45, 7) is 4.81. The number of rotatable bonds is 0. The fourth-order valence-electron chi connectivity index (χ4n) is 9.40. The van der Waals surface area contributed by atoms with Gasteiger partial charge in [0, 0.05) is 65.0 Å². The summed E-state index contributed by atoms with van der Waals surface area (Å²) in [6, 6.07) is 42.8. The van der Waals surface area contributed by atoms with Gasteiger partial charge in [-0.25, -0.2) is 0 Å². The Bertz CT molecular complexity index is 2730. The number of benzene rings is 6. The monoisotopic (exact) mass is 604 g/mol. The van der Waals surface area contributed by atoms with E-state index in [0.29, 0.717) is 0 Å². The summed E-state index contributed by atoms with van der Waals surface area (Å²) >= 11 is 1.89. The highest BCUT2D eigenvalue weighted by atomic mass is 32.2. The van der Waals surface area contributed by atoms with Gasteiger partial charge in [-0.15, -0.1) is 0 Å². The largest absolute Gasteiger partial charge is 0.455 e. The number of hydrogen-bond donors (Lipinski definition) is 0. The summed E-state index contributed by atoms with van der Waals surface area (Å²) in [7, 11) is 0. The molecule has 214 valence electrons. The van der Waals surface area contributed by atoms with E-state index in [1.807, 2.05) is 11.8 Å². The van der Waals surface area contributed by atoms with Crippen molar-refractivity contribution in [2.45, 2.75) is 29.1 Å². The third-order valence-electron chi connectivity index (χ3n) is 11.1. The van der Waals surface area contributed by atoms with E-state index in [9.17, 15) is 0 Å². The Kier molecular flexibility index (Phi) is 4.10. The molecule has 6 aromatic carbocycles. The van der Waals surface area contributed by atoms with E-state index in [1.54, 1.807) is 0 Å². The first kappa shape index (κ1) is 24.2. The molecule has 1 aliphatic carbocycles. The van der Waals surface area contributed by atoms with Crippen molar-refractivity contribution in [3.05, 3.63) is 126 Å². The van der Waals surface area contributed by atoms with Crippen LogP contribution in [0.2, 0.25) is 0 Å². The van der Waals surface area contributed by atoms with E-state index in [4.69, 9.17) is 4.42 Å². The topological polar surface area (TPSA) is 21.3 Å². The minimum Gasteiger partial charge on any atom is -0.455 e. The van der Waals surface area contributed by atoms with Gasteiger partial charge >= 0.3 is 6.85 Å². The number of para-hydroxylation sites is 4. The molecule has 0 saturated carbocycles. The molecule has 0 amide bonds. The minimum absolute atomic E-state index is 0.00257. The number of furan rings is 1. The fraction of sp³-hybridized carbons (Fsp3) is 0.0732. The fourth-order valence-corrected chi connectivity index (χ4v) is 10.5. The normalized spacial score (nSPS) is 15.6. The molecule has 8 aromatic rings. The van der Waals surface area contributed by atoms with E-state index >= 15 is 0 Å². The van der Waals surface area contributed by atoms with Gasteiger partial charge in [-0.3, -0.25) is 0 Å². The van der Waals surface area contributed by atoms with Gasteiger partial charge in [0.15, 0.2) is 0 Å². The van der Waals surface area contributed by atoms with Gasteiger partial charge in [-0.1, -0.05) is 111 Å². The minimum atomic E-state index is -0.117. The summed E-state index contributed by atoms with van der Waals surface area (Å²) in [6.07, 6.45) is 0. The highest BCUT2D eigenvalue weighted by molar-refractivity contribution is 7.99. The maximum absolute atomic E-state index is 6.88. The third-order valence-corrected chi connectivity index (χ3v) is 12.2. The van der Waals surface area contributed by atoms with Crippen LogP contribution in [-0.2, 0) is 5.41 Å². The first-order valence-electron chi connectivity index (χ1n) is 16.1. The van der Waals surface area contributed by atoms with Crippen LogP contribution in [0.3, 0.4) is 0 Å². The molecule has 0 saturated heterocycles. The molecule has 0 radical (unpaired) electrons. The Morgan fingerprint density at radius 1 is 0.696 bits per heavy atom. The quantitative estimate of drug-likeness (QED) is 0.161. The zero-order chi connectivity index (χ0) is 30.1. The van der Waals surface area contributed by atoms with Crippen molar-refractivity contribution >= 4 is 79.4 Å². The third kappa shape index (κ3) is 2.55. The molecule has 46 heavy (non-hydrogen) atoms. The number of nitrogens with zero attached hydrogens (tertiary/aromatic N) is 2. The van der Waals surface area contributed by atoms with Gasteiger partial charge in [0.05, 0.1) is 11.4 Å². The molecule has 5 heterocycles. The maximum Gasteiger partial charge on any atom is 0.333 e. The number of aromatic nitrogens is 1. The Balaban J connectivity index is 1.34.